The predicted molar refractivity (Wildman–Crippen MR) is 107 cm³/mol. The number of hydrogen-bond acceptors (Lipinski definition) is 5. The first-order chi connectivity index (χ1) is 13.7. The lowest BCUT2D eigenvalue weighted by Crippen LogP contribution is -2.07. The minimum Gasteiger partial charge on any atom is -0.309 e. The highest BCUT2D eigenvalue weighted by Gasteiger charge is 2.15. The maximum absolute atomic E-state index is 12.7. The second-order valence-corrected chi connectivity index (χ2v) is 7.15. The van der Waals surface area contributed by atoms with Crippen LogP contribution in [-0.2, 0) is 26.6 Å². The Morgan fingerprint density at radius 3 is 2.82 bits per heavy atom. The van der Waals surface area contributed by atoms with Crippen LogP contribution in [0.4, 0.5) is 0 Å². The first-order valence-corrected chi connectivity index (χ1v) is 9.26. The number of nitrogens with one attached hydrogen (secondary N) is 1. The number of carbonyl (C=O) groups is 1. The minimum atomic E-state index is 0.0393. The lowest BCUT2D eigenvalue weighted by atomic mass is 10.0. The summed E-state index contributed by atoms with van der Waals surface area (Å²) < 4.78 is 1.77. The van der Waals surface area contributed by atoms with Crippen molar-refractivity contribution in [2.75, 3.05) is 0 Å². The van der Waals surface area contributed by atoms with Gasteiger partial charge >= 0.3 is 0 Å². The highest BCUT2D eigenvalue weighted by Crippen LogP contribution is 2.23. The standard InChI is InChI=1S/C22H19N5O/c1-27-13-19(12-25-27)14-2-5-17-11-24-22(26-20(17)7-14)8-21(28)15-3-4-16-9-23-10-18(16)6-15/h2-7,11-13,23H,8-10H2,1H3. The molecule has 0 saturated carbocycles. The van der Waals surface area contributed by atoms with E-state index in [1.165, 1.54) is 11.1 Å². The summed E-state index contributed by atoms with van der Waals surface area (Å²) in [5.41, 5.74) is 6.09. The Morgan fingerprint density at radius 1 is 1.07 bits per heavy atom. The molecule has 3 heterocycles. The number of fused-ring (bicyclic) bond motifs is 2. The number of ketones is 1. The number of nitrogens with zero attached hydrogens (tertiary/aromatic N) is 4. The van der Waals surface area contributed by atoms with Crippen molar-refractivity contribution in [2.24, 2.45) is 7.05 Å². The van der Waals surface area contributed by atoms with Crippen molar-refractivity contribution in [3.05, 3.63) is 77.5 Å². The van der Waals surface area contributed by atoms with Gasteiger partial charge in [0.25, 0.3) is 0 Å². The van der Waals surface area contributed by atoms with Crippen molar-refractivity contribution in [2.45, 2.75) is 19.5 Å². The van der Waals surface area contributed by atoms with Crippen LogP contribution in [0.3, 0.4) is 0 Å². The molecule has 28 heavy (non-hydrogen) atoms. The van der Waals surface area contributed by atoms with Gasteiger partial charge in [-0.3, -0.25) is 9.48 Å². The molecule has 6 heteroatoms. The van der Waals surface area contributed by atoms with Gasteiger partial charge < -0.3 is 5.32 Å². The normalized spacial score (nSPS) is 13.0. The number of rotatable bonds is 4. The van der Waals surface area contributed by atoms with Gasteiger partial charge in [-0.1, -0.05) is 24.3 Å². The average Bonchev–Trinajstić information content (AvgIpc) is 3.35. The fraction of sp³-hybridized carbons (Fsp3) is 0.182. The fourth-order valence-electron chi connectivity index (χ4n) is 3.61. The van der Waals surface area contributed by atoms with Crippen molar-refractivity contribution in [1.29, 1.82) is 0 Å². The molecule has 1 aliphatic rings. The van der Waals surface area contributed by atoms with E-state index in [4.69, 9.17) is 0 Å². The largest absolute Gasteiger partial charge is 0.309 e. The molecular formula is C22H19N5O. The van der Waals surface area contributed by atoms with Gasteiger partial charge in [0.05, 0.1) is 18.1 Å². The van der Waals surface area contributed by atoms with Gasteiger partial charge in [0, 0.05) is 49.0 Å². The quantitative estimate of drug-likeness (QED) is 0.560. The highest BCUT2D eigenvalue weighted by molar-refractivity contribution is 5.97. The van der Waals surface area contributed by atoms with E-state index in [2.05, 4.69) is 20.4 Å². The first-order valence-electron chi connectivity index (χ1n) is 9.26. The number of aromatic nitrogens is 4. The first kappa shape index (κ1) is 16.8. The Bertz CT molecular complexity index is 1210. The smallest absolute Gasteiger partial charge is 0.170 e. The molecule has 0 radical (unpaired) electrons. The Balaban J connectivity index is 1.43. The lowest BCUT2D eigenvalue weighted by Gasteiger charge is -2.05. The van der Waals surface area contributed by atoms with Gasteiger partial charge in [-0.05, 0) is 28.8 Å². The third-order valence-electron chi connectivity index (χ3n) is 5.15. The van der Waals surface area contributed by atoms with Crippen LogP contribution < -0.4 is 5.32 Å². The molecule has 0 unspecified atom stereocenters. The van der Waals surface area contributed by atoms with E-state index >= 15 is 0 Å². The third kappa shape index (κ3) is 3.08. The number of benzene rings is 2. The fourth-order valence-corrected chi connectivity index (χ4v) is 3.61. The van der Waals surface area contributed by atoms with Crippen molar-refractivity contribution < 1.29 is 4.79 Å². The van der Waals surface area contributed by atoms with Crippen LogP contribution in [0, 0.1) is 0 Å². The average molecular weight is 369 g/mol. The molecule has 138 valence electrons. The summed E-state index contributed by atoms with van der Waals surface area (Å²) in [5.74, 6) is 0.580. The van der Waals surface area contributed by atoms with E-state index in [0.717, 1.165) is 40.7 Å². The zero-order valence-corrected chi connectivity index (χ0v) is 15.5. The van der Waals surface area contributed by atoms with Gasteiger partial charge in [-0.15, -0.1) is 0 Å². The van der Waals surface area contributed by atoms with Gasteiger partial charge in [0.1, 0.15) is 5.82 Å². The maximum atomic E-state index is 12.7. The van der Waals surface area contributed by atoms with E-state index in [9.17, 15) is 4.79 Å². The summed E-state index contributed by atoms with van der Waals surface area (Å²) in [6, 6.07) is 12.0. The van der Waals surface area contributed by atoms with Crippen LogP contribution in [0.1, 0.15) is 27.3 Å². The van der Waals surface area contributed by atoms with Crippen molar-refractivity contribution in [1.82, 2.24) is 25.1 Å². The van der Waals surface area contributed by atoms with Crippen molar-refractivity contribution >= 4 is 16.7 Å². The summed E-state index contributed by atoms with van der Waals surface area (Å²) >= 11 is 0. The number of aryl methyl sites for hydroxylation is 1. The van der Waals surface area contributed by atoms with Crippen LogP contribution in [0.5, 0.6) is 0 Å². The molecule has 0 atom stereocenters. The molecule has 1 N–H and O–H groups in total. The predicted octanol–water partition coefficient (Wildman–Crippen LogP) is 3.06. The van der Waals surface area contributed by atoms with Crippen LogP contribution in [0.15, 0.2) is 55.0 Å². The molecule has 0 fully saturated rings. The molecule has 0 aliphatic carbocycles. The SMILES string of the molecule is Cn1cc(-c2ccc3cnc(CC(=O)c4ccc5c(c4)CNC5)nc3c2)cn1. The van der Waals surface area contributed by atoms with Crippen LogP contribution in [-0.4, -0.2) is 25.5 Å². The third-order valence-corrected chi connectivity index (χ3v) is 5.15. The van der Waals surface area contributed by atoms with E-state index in [1.807, 2.05) is 55.8 Å². The lowest BCUT2D eigenvalue weighted by molar-refractivity contribution is 0.0991. The molecular weight excluding hydrogens is 350 g/mol. The van der Waals surface area contributed by atoms with Crippen LogP contribution >= 0.6 is 0 Å². The molecule has 0 amide bonds. The molecule has 2 aromatic carbocycles. The zero-order valence-electron chi connectivity index (χ0n) is 15.5. The zero-order chi connectivity index (χ0) is 19.1. The van der Waals surface area contributed by atoms with Crippen LogP contribution in [0.25, 0.3) is 22.0 Å². The molecule has 0 bridgehead atoms. The molecule has 0 spiro atoms. The number of hydrogen-bond donors (Lipinski definition) is 1. The van der Waals surface area contributed by atoms with E-state index in [-0.39, 0.29) is 12.2 Å². The van der Waals surface area contributed by atoms with Crippen molar-refractivity contribution in [3.8, 4) is 11.1 Å². The van der Waals surface area contributed by atoms with Gasteiger partial charge in [0.2, 0.25) is 0 Å². The van der Waals surface area contributed by atoms with Crippen molar-refractivity contribution in [3.63, 3.8) is 0 Å². The van der Waals surface area contributed by atoms with Gasteiger partial charge in [-0.25, -0.2) is 9.97 Å². The number of Topliss-reactive ketones (excluding diaryl/α,β-unsaturated/α-hetero) is 1. The van der Waals surface area contributed by atoms with E-state index in [0.29, 0.717) is 5.82 Å². The summed E-state index contributed by atoms with van der Waals surface area (Å²) in [6.45, 7) is 1.69. The Labute approximate surface area is 162 Å². The molecule has 0 saturated heterocycles. The Hall–Kier alpha value is -3.38. The van der Waals surface area contributed by atoms with E-state index in [1.54, 1.807) is 10.9 Å². The molecule has 5 rings (SSSR count). The highest BCUT2D eigenvalue weighted by atomic mass is 16.1. The Kier molecular flexibility index (Phi) is 3.98. The Morgan fingerprint density at radius 2 is 1.96 bits per heavy atom. The summed E-state index contributed by atoms with van der Waals surface area (Å²) in [5, 5.41) is 8.48. The van der Waals surface area contributed by atoms with Crippen LogP contribution in [0.2, 0.25) is 0 Å². The summed E-state index contributed by atoms with van der Waals surface area (Å²) in [6.07, 6.45) is 5.77. The van der Waals surface area contributed by atoms with Gasteiger partial charge in [0.15, 0.2) is 5.78 Å². The monoisotopic (exact) mass is 369 g/mol. The summed E-state index contributed by atoms with van der Waals surface area (Å²) in [7, 11) is 1.89. The molecule has 4 aromatic rings. The second kappa shape index (κ2) is 6.65. The molecule has 1 aliphatic heterocycles. The molecule has 6 nitrogen and oxygen atoms in total. The maximum Gasteiger partial charge on any atom is 0.170 e. The summed E-state index contributed by atoms with van der Waals surface area (Å²) in [4.78, 5) is 21.8. The minimum absolute atomic E-state index is 0.0393. The molecule has 2 aromatic heterocycles. The number of carbonyl (C=O) groups excluding carboxylic acids is 1. The second-order valence-electron chi connectivity index (χ2n) is 7.15. The van der Waals surface area contributed by atoms with E-state index < -0.39 is 0 Å². The van der Waals surface area contributed by atoms with Gasteiger partial charge in [-0.2, -0.15) is 5.10 Å². The topological polar surface area (TPSA) is 72.7 Å².